The summed E-state index contributed by atoms with van der Waals surface area (Å²) in [5.41, 5.74) is 1.85. The normalized spacial score (nSPS) is 16.0. The number of nitrogens with one attached hydrogen (secondary N) is 2. The number of benzene rings is 1. The minimum absolute atomic E-state index is 0.0657. The monoisotopic (exact) mass is 369 g/mol. The lowest BCUT2D eigenvalue weighted by Gasteiger charge is -2.14. The summed E-state index contributed by atoms with van der Waals surface area (Å²) in [6, 6.07) is 10.4. The molecule has 7 heteroatoms. The van der Waals surface area contributed by atoms with Crippen molar-refractivity contribution in [2.45, 2.75) is 25.9 Å². The van der Waals surface area contributed by atoms with Gasteiger partial charge in [-0.1, -0.05) is 12.1 Å². The van der Waals surface area contributed by atoms with Crippen LogP contribution in [0.2, 0.25) is 0 Å². The zero-order valence-electron chi connectivity index (χ0n) is 15.2. The number of hydrogen-bond donors (Lipinski definition) is 2. The van der Waals surface area contributed by atoms with Crippen molar-refractivity contribution in [1.29, 1.82) is 0 Å². The van der Waals surface area contributed by atoms with Crippen LogP contribution in [0.25, 0.3) is 0 Å². The number of hydrogen-bond acceptors (Lipinski definition) is 5. The molecule has 1 aromatic carbocycles. The fourth-order valence-corrected chi connectivity index (χ4v) is 2.77. The number of ether oxygens (including phenoxy) is 2. The fraction of sp³-hybridized carbons (Fsp3) is 0.350. The van der Waals surface area contributed by atoms with Gasteiger partial charge in [0, 0.05) is 18.8 Å². The van der Waals surface area contributed by atoms with Gasteiger partial charge >= 0.3 is 0 Å². The molecule has 1 saturated heterocycles. The van der Waals surface area contributed by atoms with Gasteiger partial charge in [0.25, 0.3) is 11.8 Å². The van der Waals surface area contributed by atoms with Gasteiger partial charge in [0.15, 0.2) is 6.61 Å². The SMILES string of the molecule is Cc1ccc(NC(=O)COc2ccccc2C(=O)NCC2CCCO2)cn1. The zero-order chi connectivity index (χ0) is 19.1. The predicted octanol–water partition coefficient (Wildman–Crippen LogP) is 2.32. The van der Waals surface area contributed by atoms with E-state index in [1.807, 2.05) is 13.0 Å². The topological polar surface area (TPSA) is 89.5 Å². The number of carbonyl (C=O) groups is 2. The Labute approximate surface area is 158 Å². The van der Waals surface area contributed by atoms with Gasteiger partial charge in [0.05, 0.1) is 23.6 Å². The van der Waals surface area contributed by atoms with Gasteiger partial charge in [-0.2, -0.15) is 0 Å². The molecule has 0 aliphatic carbocycles. The Morgan fingerprint density at radius 3 is 2.85 bits per heavy atom. The van der Waals surface area contributed by atoms with Gasteiger partial charge in [-0.05, 0) is 44.0 Å². The van der Waals surface area contributed by atoms with Crippen molar-refractivity contribution in [3.8, 4) is 5.75 Å². The molecule has 0 spiro atoms. The quantitative estimate of drug-likeness (QED) is 0.782. The summed E-state index contributed by atoms with van der Waals surface area (Å²) in [4.78, 5) is 28.6. The van der Waals surface area contributed by atoms with E-state index >= 15 is 0 Å². The zero-order valence-corrected chi connectivity index (χ0v) is 15.2. The Morgan fingerprint density at radius 2 is 2.11 bits per heavy atom. The maximum Gasteiger partial charge on any atom is 0.262 e. The van der Waals surface area contributed by atoms with E-state index < -0.39 is 0 Å². The average molecular weight is 369 g/mol. The first kappa shape index (κ1) is 18.8. The lowest BCUT2D eigenvalue weighted by atomic mass is 10.1. The van der Waals surface area contributed by atoms with Gasteiger partial charge in [-0.3, -0.25) is 14.6 Å². The van der Waals surface area contributed by atoms with Crippen LogP contribution in [0, 0.1) is 6.92 Å². The molecule has 2 N–H and O–H groups in total. The average Bonchev–Trinajstić information content (AvgIpc) is 3.20. The summed E-state index contributed by atoms with van der Waals surface area (Å²) < 4.78 is 11.1. The first-order chi connectivity index (χ1) is 13.1. The molecule has 2 heterocycles. The number of amides is 2. The van der Waals surface area contributed by atoms with Crippen LogP contribution < -0.4 is 15.4 Å². The second-order valence-corrected chi connectivity index (χ2v) is 6.37. The molecule has 2 aromatic rings. The molecule has 2 amide bonds. The van der Waals surface area contributed by atoms with Crippen molar-refractivity contribution in [3.63, 3.8) is 0 Å². The molecule has 1 aliphatic rings. The molecule has 1 aliphatic heterocycles. The third-order valence-electron chi connectivity index (χ3n) is 4.20. The Balaban J connectivity index is 1.54. The molecule has 1 aromatic heterocycles. The van der Waals surface area contributed by atoms with Crippen molar-refractivity contribution in [2.24, 2.45) is 0 Å². The van der Waals surface area contributed by atoms with Gasteiger partial charge < -0.3 is 20.1 Å². The van der Waals surface area contributed by atoms with Crippen LogP contribution in [-0.4, -0.2) is 42.7 Å². The van der Waals surface area contributed by atoms with Crippen molar-refractivity contribution in [1.82, 2.24) is 10.3 Å². The molecule has 142 valence electrons. The van der Waals surface area contributed by atoms with E-state index in [0.717, 1.165) is 25.1 Å². The highest BCUT2D eigenvalue weighted by atomic mass is 16.5. The van der Waals surface area contributed by atoms with Crippen LogP contribution in [-0.2, 0) is 9.53 Å². The molecule has 27 heavy (non-hydrogen) atoms. The third kappa shape index (κ3) is 5.52. The highest BCUT2D eigenvalue weighted by molar-refractivity contribution is 5.97. The number of carbonyl (C=O) groups excluding carboxylic acids is 2. The maximum atomic E-state index is 12.4. The minimum atomic E-state index is -0.324. The number of aromatic nitrogens is 1. The van der Waals surface area contributed by atoms with E-state index in [1.54, 1.807) is 36.5 Å². The van der Waals surface area contributed by atoms with E-state index in [4.69, 9.17) is 9.47 Å². The first-order valence-electron chi connectivity index (χ1n) is 8.96. The fourth-order valence-electron chi connectivity index (χ4n) is 2.77. The molecule has 3 rings (SSSR count). The van der Waals surface area contributed by atoms with Crippen LogP contribution >= 0.6 is 0 Å². The molecule has 1 atom stereocenters. The van der Waals surface area contributed by atoms with Gasteiger partial charge in [-0.25, -0.2) is 0 Å². The largest absolute Gasteiger partial charge is 0.483 e. The lowest BCUT2D eigenvalue weighted by molar-refractivity contribution is -0.118. The summed E-state index contributed by atoms with van der Waals surface area (Å²) in [5, 5.41) is 5.57. The molecule has 0 saturated carbocycles. The van der Waals surface area contributed by atoms with Crippen LogP contribution in [0.15, 0.2) is 42.6 Å². The Kier molecular flexibility index (Phi) is 6.38. The van der Waals surface area contributed by atoms with Gasteiger partial charge in [-0.15, -0.1) is 0 Å². The predicted molar refractivity (Wildman–Crippen MR) is 101 cm³/mol. The van der Waals surface area contributed by atoms with E-state index in [-0.39, 0.29) is 24.5 Å². The van der Waals surface area contributed by atoms with E-state index in [0.29, 0.717) is 23.5 Å². The smallest absolute Gasteiger partial charge is 0.262 e. The van der Waals surface area contributed by atoms with Crippen LogP contribution in [0.1, 0.15) is 28.9 Å². The van der Waals surface area contributed by atoms with Crippen LogP contribution in [0.3, 0.4) is 0 Å². The number of nitrogens with zero attached hydrogens (tertiary/aromatic N) is 1. The second-order valence-electron chi connectivity index (χ2n) is 6.37. The second kappa shape index (κ2) is 9.14. The van der Waals surface area contributed by atoms with E-state index in [2.05, 4.69) is 15.6 Å². The third-order valence-corrected chi connectivity index (χ3v) is 4.20. The van der Waals surface area contributed by atoms with E-state index in [9.17, 15) is 9.59 Å². The maximum absolute atomic E-state index is 12.4. The van der Waals surface area contributed by atoms with Crippen LogP contribution in [0.5, 0.6) is 5.75 Å². The van der Waals surface area contributed by atoms with Crippen molar-refractivity contribution >= 4 is 17.5 Å². The highest BCUT2D eigenvalue weighted by Gasteiger charge is 2.18. The molecule has 7 nitrogen and oxygen atoms in total. The first-order valence-corrected chi connectivity index (χ1v) is 8.96. The molecular formula is C20H23N3O4. The molecular weight excluding hydrogens is 346 g/mol. The standard InChI is InChI=1S/C20H23N3O4/c1-14-8-9-15(11-21-14)23-19(24)13-27-18-7-3-2-6-17(18)20(25)22-12-16-5-4-10-26-16/h2-3,6-9,11,16H,4-5,10,12-13H2,1H3,(H,22,25)(H,23,24). The molecule has 1 unspecified atom stereocenters. The van der Waals surface area contributed by atoms with Gasteiger partial charge in [0.1, 0.15) is 5.75 Å². The number of rotatable bonds is 7. The molecule has 0 bridgehead atoms. The molecule has 0 radical (unpaired) electrons. The summed E-state index contributed by atoms with van der Waals surface area (Å²) in [6.07, 6.45) is 3.62. The summed E-state index contributed by atoms with van der Waals surface area (Å²) >= 11 is 0. The Hall–Kier alpha value is -2.93. The minimum Gasteiger partial charge on any atom is -0.483 e. The van der Waals surface area contributed by atoms with Gasteiger partial charge in [0.2, 0.25) is 0 Å². The Morgan fingerprint density at radius 1 is 1.26 bits per heavy atom. The number of para-hydroxylation sites is 1. The summed E-state index contributed by atoms with van der Waals surface area (Å²) in [5.74, 6) is -0.209. The van der Waals surface area contributed by atoms with Crippen molar-refractivity contribution in [2.75, 3.05) is 25.1 Å². The highest BCUT2D eigenvalue weighted by Crippen LogP contribution is 2.18. The summed E-state index contributed by atoms with van der Waals surface area (Å²) in [6.45, 7) is 2.87. The number of anilines is 1. The number of aryl methyl sites for hydroxylation is 1. The molecule has 1 fully saturated rings. The van der Waals surface area contributed by atoms with E-state index in [1.165, 1.54) is 0 Å². The summed E-state index contributed by atoms with van der Waals surface area (Å²) in [7, 11) is 0. The van der Waals surface area contributed by atoms with Crippen molar-refractivity contribution < 1.29 is 19.1 Å². The van der Waals surface area contributed by atoms with Crippen LogP contribution in [0.4, 0.5) is 5.69 Å². The number of pyridine rings is 1. The lowest BCUT2D eigenvalue weighted by Crippen LogP contribution is -2.32. The Bertz CT molecular complexity index is 786. The van der Waals surface area contributed by atoms with Crippen molar-refractivity contribution in [3.05, 3.63) is 53.9 Å².